The lowest BCUT2D eigenvalue weighted by Gasteiger charge is -2.48. The van der Waals surface area contributed by atoms with Gasteiger partial charge in [-0.25, -0.2) is 0 Å². The molecule has 2 fully saturated rings. The zero-order valence-corrected chi connectivity index (χ0v) is 13.9. The van der Waals surface area contributed by atoms with Gasteiger partial charge < -0.3 is 9.47 Å². The molecule has 4 rings (SSSR count). The summed E-state index contributed by atoms with van der Waals surface area (Å²) in [6.07, 6.45) is 0. The molecule has 2 aliphatic heterocycles. The Bertz CT molecular complexity index is 577. The van der Waals surface area contributed by atoms with Crippen LogP contribution in [0, 0.1) is 0 Å². The average Bonchev–Trinajstić information content (AvgIpc) is 2.64. The van der Waals surface area contributed by atoms with Gasteiger partial charge in [-0.05, 0) is 11.1 Å². The molecule has 0 amide bonds. The lowest BCUT2D eigenvalue weighted by atomic mass is 10.0. The van der Waals surface area contributed by atoms with Crippen LogP contribution < -0.4 is 0 Å². The summed E-state index contributed by atoms with van der Waals surface area (Å²) in [6, 6.07) is 22.0. The highest BCUT2D eigenvalue weighted by atomic mass is 16.5. The van der Waals surface area contributed by atoms with E-state index < -0.39 is 0 Å². The molecule has 0 radical (unpaired) electrons. The van der Waals surface area contributed by atoms with E-state index in [2.05, 4.69) is 70.5 Å². The van der Waals surface area contributed by atoms with E-state index in [0.29, 0.717) is 25.5 Å². The van der Waals surface area contributed by atoms with Crippen LogP contribution in [-0.4, -0.2) is 48.6 Å². The second-order valence-electron chi connectivity index (χ2n) is 6.60. The fourth-order valence-corrected chi connectivity index (χ4v) is 3.65. The van der Waals surface area contributed by atoms with Crippen LogP contribution in [0.3, 0.4) is 0 Å². The van der Waals surface area contributed by atoms with Gasteiger partial charge in [0, 0.05) is 13.1 Å². The third-order valence-corrected chi connectivity index (χ3v) is 4.93. The summed E-state index contributed by atoms with van der Waals surface area (Å²) in [6.45, 7) is 4.74. The molecule has 4 nitrogen and oxygen atoms in total. The van der Waals surface area contributed by atoms with Gasteiger partial charge in [0.1, 0.15) is 0 Å². The summed E-state index contributed by atoms with van der Waals surface area (Å²) >= 11 is 0. The molecule has 0 aliphatic carbocycles. The Labute approximate surface area is 143 Å². The van der Waals surface area contributed by atoms with Gasteiger partial charge in [-0.2, -0.15) is 0 Å². The van der Waals surface area contributed by atoms with Gasteiger partial charge in [0.2, 0.25) is 0 Å². The van der Waals surface area contributed by atoms with Crippen molar-refractivity contribution in [2.75, 3.05) is 26.7 Å². The molecule has 126 valence electrons. The first-order valence-electron chi connectivity index (χ1n) is 8.61. The van der Waals surface area contributed by atoms with Gasteiger partial charge in [-0.1, -0.05) is 60.7 Å². The van der Waals surface area contributed by atoms with Crippen molar-refractivity contribution in [1.29, 1.82) is 0 Å². The Hall–Kier alpha value is -1.72. The molecule has 0 aromatic heterocycles. The van der Waals surface area contributed by atoms with Crippen molar-refractivity contribution in [3.05, 3.63) is 71.8 Å². The van der Waals surface area contributed by atoms with Crippen molar-refractivity contribution in [3.63, 3.8) is 0 Å². The number of benzene rings is 2. The van der Waals surface area contributed by atoms with E-state index >= 15 is 0 Å². The summed E-state index contributed by atoms with van der Waals surface area (Å²) in [5.74, 6) is 0. The minimum absolute atomic E-state index is 0.386. The van der Waals surface area contributed by atoms with E-state index in [0.717, 1.165) is 26.3 Å². The van der Waals surface area contributed by atoms with Crippen LogP contribution in [0.5, 0.6) is 0 Å². The molecule has 2 atom stereocenters. The molecule has 2 aromatic rings. The minimum Gasteiger partial charge on any atom is -0.364 e. The first-order chi connectivity index (χ1) is 11.9. The Morgan fingerprint density at radius 2 is 1.08 bits per heavy atom. The van der Waals surface area contributed by atoms with Crippen molar-refractivity contribution in [1.82, 2.24) is 9.80 Å². The predicted molar refractivity (Wildman–Crippen MR) is 93.2 cm³/mol. The Morgan fingerprint density at radius 3 is 1.50 bits per heavy atom. The van der Waals surface area contributed by atoms with Crippen molar-refractivity contribution in [3.8, 4) is 0 Å². The van der Waals surface area contributed by atoms with Gasteiger partial charge >= 0.3 is 0 Å². The molecule has 0 N–H and O–H groups in total. The van der Waals surface area contributed by atoms with Crippen LogP contribution in [0.1, 0.15) is 11.1 Å². The van der Waals surface area contributed by atoms with Crippen molar-refractivity contribution < 1.29 is 9.47 Å². The standard InChI is InChI=1S/C20H24N2O2/c1-3-7-17(8-4-1)11-21-15-23-14-20-19(21)13-24-16-22(20)12-18-9-5-2-6-10-18/h1-10,19-20H,11-16H2/t19-,20-/m1/s1. The van der Waals surface area contributed by atoms with Crippen LogP contribution in [0.4, 0.5) is 0 Å². The summed E-state index contributed by atoms with van der Waals surface area (Å²) < 4.78 is 11.8. The Kier molecular flexibility index (Phi) is 4.90. The Morgan fingerprint density at radius 1 is 0.667 bits per heavy atom. The maximum atomic E-state index is 5.92. The van der Waals surface area contributed by atoms with Crippen molar-refractivity contribution in [2.45, 2.75) is 25.2 Å². The first-order valence-corrected chi connectivity index (χ1v) is 8.61. The zero-order valence-electron chi connectivity index (χ0n) is 13.9. The van der Waals surface area contributed by atoms with Gasteiger partial charge in [0.15, 0.2) is 0 Å². The normalized spacial score (nSPS) is 25.3. The molecule has 2 aliphatic rings. The van der Waals surface area contributed by atoms with Crippen LogP contribution in [-0.2, 0) is 22.6 Å². The molecule has 0 unspecified atom stereocenters. The maximum absolute atomic E-state index is 5.92. The van der Waals surface area contributed by atoms with E-state index in [1.807, 2.05) is 0 Å². The Balaban J connectivity index is 1.47. The van der Waals surface area contributed by atoms with Gasteiger partial charge in [0.25, 0.3) is 0 Å². The molecule has 2 heterocycles. The minimum atomic E-state index is 0.386. The second kappa shape index (κ2) is 7.45. The molecular weight excluding hydrogens is 300 g/mol. The molecule has 0 bridgehead atoms. The number of nitrogens with zero attached hydrogens (tertiary/aromatic N) is 2. The van der Waals surface area contributed by atoms with E-state index in [4.69, 9.17) is 9.47 Å². The van der Waals surface area contributed by atoms with Crippen LogP contribution in [0.15, 0.2) is 60.7 Å². The van der Waals surface area contributed by atoms with Crippen molar-refractivity contribution in [2.24, 2.45) is 0 Å². The van der Waals surface area contributed by atoms with Crippen LogP contribution in [0.2, 0.25) is 0 Å². The van der Waals surface area contributed by atoms with E-state index in [1.165, 1.54) is 11.1 Å². The summed E-state index contributed by atoms with van der Waals surface area (Å²) in [5.41, 5.74) is 2.64. The van der Waals surface area contributed by atoms with E-state index in [9.17, 15) is 0 Å². The fourth-order valence-electron chi connectivity index (χ4n) is 3.65. The first kappa shape index (κ1) is 15.8. The number of hydrogen-bond donors (Lipinski definition) is 0. The smallest absolute Gasteiger partial charge is 0.0997 e. The lowest BCUT2D eigenvalue weighted by molar-refractivity contribution is -0.177. The van der Waals surface area contributed by atoms with Crippen molar-refractivity contribution >= 4 is 0 Å². The van der Waals surface area contributed by atoms with Gasteiger partial charge in [-0.3, -0.25) is 9.80 Å². The predicted octanol–water partition coefficient (Wildman–Crippen LogP) is 2.70. The SMILES string of the molecule is c1ccc(CN2COC[C@@H]3[C@H]2COCN3Cc2ccccc2)cc1. The quantitative estimate of drug-likeness (QED) is 0.863. The van der Waals surface area contributed by atoms with Gasteiger partial charge in [-0.15, -0.1) is 0 Å². The van der Waals surface area contributed by atoms with Crippen LogP contribution >= 0.6 is 0 Å². The largest absolute Gasteiger partial charge is 0.364 e. The molecule has 4 heteroatoms. The monoisotopic (exact) mass is 324 g/mol. The number of fused-ring (bicyclic) bond motifs is 1. The maximum Gasteiger partial charge on any atom is 0.0997 e. The topological polar surface area (TPSA) is 24.9 Å². The number of hydrogen-bond acceptors (Lipinski definition) is 4. The summed E-state index contributed by atoms with van der Waals surface area (Å²) in [4.78, 5) is 4.81. The third kappa shape index (κ3) is 3.52. The number of rotatable bonds is 4. The molecular formula is C20H24N2O2. The molecule has 2 aromatic carbocycles. The highest BCUT2D eigenvalue weighted by Gasteiger charge is 2.39. The fraction of sp³-hybridized carbons (Fsp3) is 0.400. The molecule has 0 spiro atoms. The number of ether oxygens (including phenoxy) is 2. The second-order valence-corrected chi connectivity index (χ2v) is 6.60. The highest BCUT2D eigenvalue weighted by Crippen LogP contribution is 2.25. The van der Waals surface area contributed by atoms with E-state index in [1.54, 1.807) is 0 Å². The highest BCUT2D eigenvalue weighted by molar-refractivity contribution is 5.16. The van der Waals surface area contributed by atoms with Gasteiger partial charge in [0.05, 0.1) is 38.8 Å². The zero-order chi connectivity index (χ0) is 16.2. The third-order valence-electron chi connectivity index (χ3n) is 4.93. The summed E-state index contributed by atoms with van der Waals surface area (Å²) in [5, 5.41) is 0. The van der Waals surface area contributed by atoms with Crippen LogP contribution in [0.25, 0.3) is 0 Å². The molecule has 2 saturated heterocycles. The van der Waals surface area contributed by atoms with E-state index in [-0.39, 0.29) is 0 Å². The average molecular weight is 324 g/mol. The molecule has 24 heavy (non-hydrogen) atoms. The lowest BCUT2D eigenvalue weighted by Crippen LogP contribution is -2.62. The summed E-state index contributed by atoms with van der Waals surface area (Å²) in [7, 11) is 0. The molecule has 0 saturated carbocycles.